The van der Waals surface area contributed by atoms with Crippen molar-refractivity contribution in [3.8, 4) is 0 Å². The molecule has 0 fully saturated rings. The molecule has 1 rings (SSSR count). The summed E-state index contributed by atoms with van der Waals surface area (Å²) >= 11 is 4.12. The standard InChI is InChI=1S/C8H12BrNO5S2/c9-6-1-2-7(16-6)17(14,15)10-8(3-11,4-12)5-13/h1-2,10-13H,3-5H2. The number of hydrogen-bond acceptors (Lipinski definition) is 6. The second-order valence-corrected chi connectivity index (χ2v) is 7.79. The van der Waals surface area contributed by atoms with Crippen LogP contribution in [-0.2, 0) is 10.0 Å². The van der Waals surface area contributed by atoms with Gasteiger partial charge in [0.15, 0.2) is 0 Å². The van der Waals surface area contributed by atoms with Gasteiger partial charge < -0.3 is 15.3 Å². The third-order valence-corrected chi connectivity index (χ3v) is 5.77. The molecule has 98 valence electrons. The van der Waals surface area contributed by atoms with Crippen LogP contribution in [0.25, 0.3) is 0 Å². The van der Waals surface area contributed by atoms with Gasteiger partial charge in [-0.15, -0.1) is 11.3 Å². The Morgan fingerprint density at radius 1 is 1.24 bits per heavy atom. The molecule has 0 aliphatic carbocycles. The van der Waals surface area contributed by atoms with Crippen LogP contribution in [0.15, 0.2) is 20.1 Å². The van der Waals surface area contributed by atoms with Gasteiger partial charge in [0.2, 0.25) is 0 Å². The smallest absolute Gasteiger partial charge is 0.250 e. The molecular formula is C8H12BrNO5S2. The maximum Gasteiger partial charge on any atom is 0.250 e. The second-order valence-electron chi connectivity index (χ2n) is 3.42. The molecule has 0 saturated heterocycles. The normalized spacial score (nSPS) is 12.9. The summed E-state index contributed by atoms with van der Waals surface area (Å²) < 4.78 is 26.5. The molecule has 0 saturated carbocycles. The summed E-state index contributed by atoms with van der Waals surface area (Å²) in [4.78, 5) is 0. The van der Waals surface area contributed by atoms with Crippen molar-refractivity contribution in [1.29, 1.82) is 0 Å². The van der Waals surface area contributed by atoms with Crippen LogP contribution in [-0.4, -0.2) is 49.1 Å². The number of halogens is 1. The molecule has 0 unspecified atom stereocenters. The van der Waals surface area contributed by atoms with Crippen LogP contribution >= 0.6 is 27.3 Å². The zero-order chi connectivity index (χ0) is 13.1. The van der Waals surface area contributed by atoms with Crippen molar-refractivity contribution in [2.24, 2.45) is 0 Å². The van der Waals surface area contributed by atoms with Gasteiger partial charge in [0.25, 0.3) is 10.0 Å². The molecule has 6 nitrogen and oxygen atoms in total. The number of hydrogen-bond donors (Lipinski definition) is 4. The van der Waals surface area contributed by atoms with Crippen molar-refractivity contribution in [2.75, 3.05) is 19.8 Å². The fraction of sp³-hybridized carbons (Fsp3) is 0.500. The number of thiophene rings is 1. The number of sulfonamides is 1. The minimum Gasteiger partial charge on any atom is -0.394 e. The quantitative estimate of drug-likeness (QED) is 0.556. The minimum absolute atomic E-state index is 0.0316. The van der Waals surface area contributed by atoms with Gasteiger partial charge in [-0.3, -0.25) is 0 Å². The summed E-state index contributed by atoms with van der Waals surface area (Å²) in [5, 5.41) is 27.1. The molecule has 1 aromatic rings. The van der Waals surface area contributed by atoms with E-state index in [0.29, 0.717) is 3.79 Å². The van der Waals surface area contributed by atoms with Crippen LogP contribution in [0.5, 0.6) is 0 Å². The maximum absolute atomic E-state index is 11.9. The van der Waals surface area contributed by atoms with Crippen LogP contribution in [0.2, 0.25) is 0 Å². The average Bonchev–Trinajstić information content (AvgIpc) is 2.74. The Morgan fingerprint density at radius 3 is 2.12 bits per heavy atom. The number of nitrogens with one attached hydrogen (secondary N) is 1. The van der Waals surface area contributed by atoms with Gasteiger partial charge in [0, 0.05) is 0 Å². The Balaban J connectivity index is 3.00. The topological polar surface area (TPSA) is 107 Å². The molecule has 0 bridgehead atoms. The monoisotopic (exact) mass is 345 g/mol. The van der Waals surface area contributed by atoms with Crippen LogP contribution in [0.3, 0.4) is 0 Å². The van der Waals surface area contributed by atoms with E-state index in [1.165, 1.54) is 6.07 Å². The molecular weight excluding hydrogens is 334 g/mol. The zero-order valence-corrected chi connectivity index (χ0v) is 11.8. The van der Waals surface area contributed by atoms with Gasteiger partial charge in [-0.1, -0.05) is 0 Å². The van der Waals surface area contributed by atoms with Gasteiger partial charge in [-0.25, -0.2) is 8.42 Å². The molecule has 4 N–H and O–H groups in total. The van der Waals surface area contributed by atoms with E-state index in [-0.39, 0.29) is 4.21 Å². The Morgan fingerprint density at radius 2 is 1.76 bits per heavy atom. The van der Waals surface area contributed by atoms with Crippen molar-refractivity contribution in [1.82, 2.24) is 4.72 Å². The highest BCUT2D eigenvalue weighted by Gasteiger charge is 2.34. The summed E-state index contributed by atoms with van der Waals surface area (Å²) in [7, 11) is -3.87. The first-order valence-electron chi connectivity index (χ1n) is 4.51. The lowest BCUT2D eigenvalue weighted by molar-refractivity contribution is 0.0582. The fourth-order valence-corrected chi connectivity index (χ4v) is 4.41. The van der Waals surface area contributed by atoms with Crippen LogP contribution in [0.4, 0.5) is 0 Å². The third kappa shape index (κ3) is 3.47. The van der Waals surface area contributed by atoms with Gasteiger partial charge in [0.05, 0.1) is 23.6 Å². The maximum atomic E-state index is 11.9. The van der Waals surface area contributed by atoms with E-state index in [1.807, 2.05) is 0 Å². The second kappa shape index (κ2) is 5.74. The molecule has 0 aromatic carbocycles. The Hall–Kier alpha value is -0.0300. The van der Waals surface area contributed by atoms with Crippen LogP contribution < -0.4 is 4.72 Å². The van der Waals surface area contributed by atoms with Gasteiger partial charge in [0.1, 0.15) is 9.75 Å². The minimum atomic E-state index is -3.87. The molecule has 17 heavy (non-hydrogen) atoms. The summed E-state index contributed by atoms with van der Waals surface area (Å²) in [5.41, 5.74) is -1.66. The lowest BCUT2D eigenvalue weighted by Gasteiger charge is -2.27. The summed E-state index contributed by atoms with van der Waals surface area (Å²) in [6, 6.07) is 2.95. The molecule has 0 aliphatic heterocycles. The first kappa shape index (κ1) is 15.0. The summed E-state index contributed by atoms with van der Waals surface area (Å²) in [5.74, 6) is 0. The van der Waals surface area contributed by atoms with Crippen molar-refractivity contribution in [3.05, 3.63) is 15.9 Å². The number of rotatable bonds is 6. The Bertz CT molecular complexity index is 460. The third-order valence-electron chi connectivity index (χ3n) is 2.07. The molecule has 1 aromatic heterocycles. The SMILES string of the molecule is O=S(=O)(NC(CO)(CO)CO)c1ccc(Br)s1. The molecule has 0 amide bonds. The molecule has 0 atom stereocenters. The van der Waals surface area contributed by atoms with Crippen molar-refractivity contribution < 1.29 is 23.7 Å². The van der Waals surface area contributed by atoms with Crippen LogP contribution in [0, 0.1) is 0 Å². The molecule has 0 spiro atoms. The van der Waals surface area contributed by atoms with Gasteiger partial charge >= 0.3 is 0 Å². The van der Waals surface area contributed by atoms with E-state index in [9.17, 15) is 8.42 Å². The summed E-state index contributed by atoms with van der Waals surface area (Å²) in [6.07, 6.45) is 0. The predicted molar refractivity (Wildman–Crippen MR) is 66.3 cm³/mol. The van der Waals surface area contributed by atoms with E-state index in [0.717, 1.165) is 11.3 Å². The van der Waals surface area contributed by atoms with E-state index in [1.54, 1.807) is 6.07 Å². The van der Waals surface area contributed by atoms with E-state index >= 15 is 0 Å². The largest absolute Gasteiger partial charge is 0.394 e. The van der Waals surface area contributed by atoms with Crippen molar-refractivity contribution in [2.45, 2.75) is 9.75 Å². The van der Waals surface area contributed by atoms with E-state index < -0.39 is 35.4 Å². The van der Waals surface area contributed by atoms with Crippen molar-refractivity contribution >= 4 is 37.3 Å². The highest BCUT2D eigenvalue weighted by Crippen LogP contribution is 2.26. The van der Waals surface area contributed by atoms with E-state index in [4.69, 9.17) is 15.3 Å². The Kier molecular flexibility index (Phi) is 5.07. The summed E-state index contributed by atoms with van der Waals surface area (Å²) in [6.45, 7) is -2.11. The van der Waals surface area contributed by atoms with Gasteiger partial charge in [-0.2, -0.15) is 4.72 Å². The lowest BCUT2D eigenvalue weighted by atomic mass is 10.1. The lowest BCUT2D eigenvalue weighted by Crippen LogP contribution is -2.56. The molecule has 9 heteroatoms. The molecule has 1 heterocycles. The van der Waals surface area contributed by atoms with Crippen LogP contribution in [0.1, 0.15) is 0 Å². The van der Waals surface area contributed by atoms with Gasteiger partial charge in [-0.05, 0) is 28.1 Å². The Labute approximate surface area is 111 Å². The highest BCUT2D eigenvalue weighted by molar-refractivity contribution is 9.11. The molecule has 0 radical (unpaired) electrons. The number of aliphatic hydroxyl groups is 3. The average molecular weight is 346 g/mol. The van der Waals surface area contributed by atoms with E-state index in [2.05, 4.69) is 20.7 Å². The van der Waals surface area contributed by atoms with Crippen molar-refractivity contribution in [3.63, 3.8) is 0 Å². The number of aliphatic hydroxyl groups excluding tert-OH is 3. The predicted octanol–water partition coefficient (Wildman–Crippen LogP) is -0.495. The first-order valence-corrected chi connectivity index (χ1v) is 7.60. The zero-order valence-electron chi connectivity index (χ0n) is 8.63. The first-order chi connectivity index (χ1) is 7.89. The fourth-order valence-electron chi connectivity index (χ4n) is 1.02. The molecule has 0 aliphatic rings. The highest BCUT2D eigenvalue weighted by atomic mass is 79.9.